The van der Waals surface area contributed by atoms with E-state index in [9.17, 15) is 9.59 Å². The summed E-state index contributed by atoms with van der Waals surface area (Å²) in [5.41, 5.74) is 3.16. The van der Waals surface area contributed by atoms with Crippen LogP contribution in [0.2, 0.25) is 0 Å². The summed E-state index contributed by atoms with van der Waals surface area (Å²) in [6.07, 6.45) is 0. The molecule has 2 aromatic carbocycles. The SMILES string of the molecule is C[NH+](CC(=O)NC(C)(C)C)CC(=O)c1c(-c2ccccc2)[nH]c2ccccc12. The van der Waals surface area contributed by atoms with Crippen LogP contribution in [0.3, 0.4) is 0 Å². The smallest absolute Gasteiger partial charge is 0.275 e. The van der Waals surface area contributed by atoms with Crippen LogP contribution in [0.25, 0.3) is 22.2 Å². The molecule has 1 unspecified atom stereocenters. The zero-order valence-electron chi connectivity index (χ0n) is 16.9. The number of carbonyl (C=O) groups excluding carboxylic acids is 2. The van der Waals surface area contributed by atoms with Crippen LogP contribution in [0.15, 0.2) is 54.6 Å². The number of aromatic nitrogens is 1. The number of benzene rings is 2. The second-order valence-corrected chi connectivity index (χ2v) is 8.32. The van der Waals surface area contributed by atoms with E-state index >= 15 is 0 Å². The van der Waals surface area contributed by atoms with Crippen LogP contribution in [0, 0.1) is 0 Å². The van der Waals surface area contributed by atoms with Crippen molar-refractivity contribution in [2.24, 2.45) is 0 Å². The molecule has 0 spiro atoms. The number of fused-ring (bicyclic) bond motifs is 1. The van der Waals surface area contributed by atoms with Crippen molar-refractivity contribution in [1.82, 2.24) is 10.3 Å². The lowest BCUT2D eigenvalue weighted by atomic mass is 10.0. The number of carbonyl (C=O) groups is 2. The summed E-state index contributed by atoms with van der Waals surface area (Å²) in [5.74, 6) is -0.0302. The Bertz CT molecular complexity index is 984. The summed E-state index contributed by atoms with van der Waals surface area (Å²) in [6, 6.07) is 17.7. The van der Waals surface area contributed by atoms with Crippen molar-refractivity contribution in [3.63, 3.8) is 0 Å². The van der Waals surface area contributed by atoms with Crippen LogP contribution in [0.1, 0.15) is 31.1 Å². The lowest BCUT2D eigenvalue weighted by Crippen LogP contribution is -3.11. The van der Waals surface area contributed by atoms with Crippen molar-refractivity contribution in [2.45, 2.75) is 26.3 Å². The number of nitrogens with one attached hydrogen (secondary N) is 3. The summed E-state index contributed by atoms with van der Waals surface area (Å²) < 4.78 is 0. The van der Waals surface area contributed by atoms with E-state index in [4.69, 9.17) is 0 Å². The average molecular weight is 378 g/mol. The van der Waals surface area contributed by atoms with Crippen LogP contribution in [-0.4, -0.2) is 42.4 Å². The largest absolute Gasteiger partial charge is 0.354 e. The Kier molecular flexibility index (Phi) is 5.66. The molecule has 5 heteroatoms. The van der Waals surface area contributed by atoms with Gasteiger partial charge in [-0.25, -0.2) is 0 Å². The third kappa shape index (κ3) is 4.67. The fourth-order valence-corrected chi connectivity index (χ4v) is 3.41. The molecule has 3 N–H and O–H groups in total. The van der Waals surface area contributed by atoms with Gasteiger partial charge in [-0.1, -0.05) is 48.5 Å². The first-order valence-electron chi connectivity index (χ1n) is 9.56. The second-order valence-electron chi connectivity index (χ2n) is 8.32. The molecular weight excluding hydrogens is 350 g/mol. The van der Waals surface area contributed by atoms with Crippen LogP contribution in [-0.2, 0) is 4.79 Å². The number of rotatable bonds is 6. The molecule has 0 aliphatic carbocycles. The molecule has 1 atom stereocenters. The van der Waals surface area contributed by atoms with Gasteiger partial charge in [0.25, 0.3) is 5.91 Å². The fourth-order valence-electron chi connectivity index (χ4n) is 3.41. The van der Waals surface area contributed by atoms with Crippen molar-refractivity contribution in [3.05, 3.63) is 60.2 Å². The maximum absolute atomic E-state index is 13.2. The highest BCUT2D eigenvalue weighted by molar-refractivity contribution is 6.13. The fraction of sp³-hybridized carbons (Fsp3) is 0.304. The minimum absolute atomic E-state index is 0.0253. The van der Waals surface area contributed by atoms with Gasteiger partial charge in [0.1, 0.15) is 6.54 Å². The summed E-state index contributed by atoms with van der Waals surface area (Å²) in [7, 11) is 1.87. The first kappa shape index (κ1) is 19.8. The summed E-state index contributed by atoms with van der Waals surface area (Å²) in [4.78, 5) is 29.7. The highest BCUT2D eigenvalue weighted by Crippen LogP contribution is 2.30. The molecule has 3 aromatic rings. The topological polar surface area (TPSA) is 66.4 Å². The average Bonchev–Trinajstić information content (AvgIpc) is 3.00. The van der Waals surface area contributed by atoms with Crippen molar-refractivity contribution < 1.29 is 14.5 Å². The molecule has 0 saturated heterocycles. The number of aromatic amines is 1. The summed E-state index contributed by atoms with van der Waals surface area (Å²) >= 11 is 0. The van der Waals surface area contributed by atoms with Crippen molar-refractivity contribution in [2.75, 3.05) is 20.1 Å². The van der Waals surface area contributed by atoms with E-state index in [0.29, 0.717) is 5.56 Å². The minimum atomic E-state index is -0.279. The van der Waals surface area contributed by atoms with Gasteiger partial charge in [0, 0.05) is 16.4 Å². The maximum Gasteiger partial charge on any atom is 0.275 e. The number of amides is 1. The van der Waals surface area contributed by atoms with Crippen LogP contribution in [0.5, 0.6) is 0 Å². The molecule has 0 bridgehead atoms. The molecule has 0 saturated carbocycles. The highest BCUT2D eigenvalue weighted by atomic mass is 16.2. The maximum atomic E-state index is 13.2. The molecule has 28 heavy (non-hydrogen) atoms. The van der Waals surface area contributed by atoms with Crippen LogP contribution < -0.4 is 10.2 Å². The Morgan fingerprint density at radius 1 is 0.964 bits per heavy atom. The van der Waals surface area contributed by atoms with Crippen molar-refractivity contribution >= 4 is 22.6 Å². The Morgan fingerprint density at radius 3 is 2.29 bits per heavy atom. The predicted octanol–water partition coefficient (Wildman–Crippen LogP) is 2.45. The van der Waals surface area contributed by atoms with E-state index in [0.717, 1.165) is 27.1 Å². The number of hydrogen-bond acceptors (Lipinski definition) is 2. The van der Waals surface area contributed by atoms with Crippen LogP contribution >= 0.6 is 0 Å². The first-order chi connectivity index (χ1) is 13.2. The highest BCUT2D eigenvalue weighted by Gasteiger charge is 2.24. The van der Waals surface area contributed by atoms with Gasteiger partial charge in [-0.3, -0.25) is 9.59 Å². The lowest BCUT2D eigenvalue weighted by Gasteiger charge is -2.21. The quantitative estimate of drug-likeness (QED) is 0.577. The summed E-state index contributed by atoms with van der Waals surface area (Å²) in [5, 5.41) is 3.86. The third-order valence-electron chi connectivity index (χ3n) is 4.49. The molecule has 0 radical (unpaired) electrons. The van der Waals surface area contributed by atoms with E-state index in [1.54, 1.807) is 0 Å². The number of quaternary nitrogens is 1. The molecule has 0 fully saturated rings. The molecule has 5 nitrogen and oxygen atoms in total. The number of Topliss-reactive ketones (excluding diaryl/α,β-unsaturated/α-hetero) is 1. The molecular formula is C23H28N3O2+. The second kappa shape index (κ2) is 7.98. The number of hydrogen-bond donors (Lipinski definition) is 3. The van der Waals surface area contributed by atoms with Crippen molar-refractivity contribution in [1.29, 1.82) is 0 Å². The number of H-pyrrole nitrogens is 1. The Morgan fingerprint density at radius 2 is 1.61 bits per heavy atom. The van der Waals surface area contributed by atoms with Gasteiger partial charge in [-0.15, -0.1) is 0 Å². The van der Waals surface area contributed by atoms with Gasteiger partial charge in [-0.05, 0) is 32.4 Å². The van der Waals surface area contributed by atoms with Crippen molar-refractivity contribution in [3.8, 4) is 11.3 Å². The standard InChI is InChI=1S/C23H27N3O2/c1-23(2,3)25-20(28)15-26(4)14-19(27)21-17-12-8-9-13-18(17)24-22(21)16-10-6-5-7-11-16/h5-13,24H,14-15H2,1-4H3,(H,25,28)/p+1. The number of para-hydroxylation sites is 1. The third-order valence-corrected chi connectivity index (χ3v) is 4.49. The molecule has 1 heterocycles. The molecule has 0 aliphatic rings. The zero-order valence-corrected chi connectivity index (χ0v) is 16.9. The van der Waals surface area contributed by atoms with Gasteiger partial charge >= 0.3 is 0 Å². The van der Waals surface area contributed by atoms with Gasteiger partial charge in [-0.2, -0.15) is 0 Å². The molecule has 0 aliphatic heterocycles. The lowest BCUT2D eigenvalue weighted by molar-refractivity contribution is -0.862. The minimum Gasteiger partial charge on any atom is -0.354 e. The molecule has 146 valence electrons. The zero-order chi connectivity index (χ0) is 20.3. The normalized spacial score (nSPS) is 12.7. The number of ketones is 1. The Balaban J connectivity index is 1.86. The molecule has 1 amide bonds. The van der Waals surface area contributed by atoms with Gasteiger partial charge in [0.2, 0.25) is 5.78 Å². The van der Waals surface area contributed by atoms with Gasteiger partial charge < -0.3 is 15.2 Å². The summed E-state index contributed by atoms with van der Waals surface area (Å²) in [6.45, 7) is 6.35. The number of likely N-dealkylation sites (N-methyl/N-ethyl adjacent to an activating group) is 1. The molecule has 1 aromatic heterocycles. The van der Waals surface area contributed by atoms with E-state index in [2.05, 4.69) is 10.3 Å². The van der Waals surface area contributed by atoms with E-state index in [1.165, 1.54) is 0 Å². The van der Waals surface area contributed by atoms with Gasteiger partial charge in [0.05, 0.1) is 18.3 Å². The Labute approximate surface area is 165 Å². The van der Waals surface area contributed by atoms with E-state index in [1.807, 2.05) is 82.4 Å². The van der Waals surface area contributed by atoms with E-state index in [-0.39, 0.29) is 30.3 Å². The van der Waals surface area contributed by atoms with E-state index < -0.39 is 0 Å². The first-order valence-corrected chi connectivity index (χ1v) is 9.56. The monoisotopic (exact) mass is 378 g/mol. The molecule has 3 rings (SSSR count). The van der Waals surface area contributed by atoms with Crippen LogP contribution in [0.4, 0.5) is 0 Å². The predicted molar refractivity (Wildman–Crippen MR) is 113 cm³/mol. The van der Waals surface area contributed by atoms with Gasteiger partial charge in [0.15, 0.2) is 6.54 Å². The Hall–Kier alpha value is -2.92.